The molecular weight excluding hydrogens is 589 g/mol. The molecule has 0 heterocycles. The van der Waals surface area contributed by atoms with Crippen LogP contribution in [0.5, 0.6) is 0 Å². The number of nitrogens with zero attached hydrogens (tertiary/aromatic N) is 2. The molecule has 3 N–H and O–H groups in total. The number of hydrogen-bond donors (Lipinski definition) is 3. The molecule has 3 aromatic carbocycles. The van der Waals surface area contributed by atoms with Crippen molar-refractivity contribution in [3.8, 4) is 0 Å². The second-order valence-corrected chi connectivity index (χ2v) is 10.6. The molecule has 8 nitrogen and oxygen atoms in total. The Kier molecular flexibility index (Phi) is 12.1. The first kappa shape index (κ1) is 32.1. The number of amides is 2. The number of aliphatic carboxylic acids is 2. The van der Waals surface area contributed by atoms with Crippen LogP contribution in [0.1, 0.15) is 24.0 Å². The second kappa shape index (κ2) is 15.5. The maximum atomic E-state index is 14.0. The van der Waals surface area contributed by atoms with Crippen molar-refractivity contribution in [2.45, 2.75) is 31.3 Å². The lowest BCUT2D eigenvalue weighted by Crippen LogP contribution is -2.59. The highest BCUT2D eigenvalue weighted by Gasteiger charge is 2.47. The minimum absolute atomic E-state index is 0.0730. The summed E-state index contributed by atoms with van der Waals surface area (Å²) in [4.78, 5) is 41.8. The van der Waals surface area contributed by atoms with Crippen LogP contribution in [0.2, 0.25) is 5.02 Å². The highest BCUT2D eigenvalue weighted by molar-refractivity contribution is 6.33. The van der Waals surface area contributed by atoms with Gasteiger partial charge in [-0.1, -0.05) is 72.3 Å². The van der Waals surface area contributed by atoms with Crippen molar-refractivity contribution in [1.82, 2.24) is 4.90 Å². The number of hydrogen-bond acceptors (Lipinski definition) is 4. The van der Waals surface area contributed by atoms with E-state index in [1.807, 2.05) is 11.0 Å². The molecule has 0 saturated heterocycles. The van der Waals surface area contributed by atoms with Crippen molar-refractivity contribution in [2.75, 3.05) is 35.1 Å². The molecule has 11 heteroatoms. The van der Waals surface area contributed by atoms with Gasteiger partial charge in [-0.25, -0.2) is 9.59 Å². The van der Waals surface area contributed by atoms with Gasteiger partial charge in [0.25, 0.3) is 0 Å². The van der Waals surface area contributed by atoms with Gasteiger partial charge < -0.3 is 25.3 Å². The maximum Gasteiger partial charge on any atom is 0.330 e. The molecule has 0 aromatic heterocycles. The molecule has 0 aliphatic rings. The van der Waals surface area contributed by atoms with Crippen molar-refractivity contribution >= 4 is 64.1 Å². The lowest BCUT2D eigenvalue weighted by atomic mass is 9.84. The summed E-state index contributed by atoms with van der Waals surface area (Å²) in [6.07, 6.45) is -0.851. The molecule has 3 rings (SSSR count). The zero-order valence-corrected chi connectivity index (χ0v) is 24.6. The van der Waals surface area contributed by atoms with E-state index >= 15 is 0 Å². The molecule has 0 aliphatic heterocycles. The Bertz CT molecular complexity index is 1310. The standard InChI is InChI=1S/C30H32Cl3N3O5/c31-15-17-35(18-16-32)26-12-11-24(19-25(26)33)34-29(41)36(21-23-9-5-2-6-10-23)30(28(39)40,14-13-27(37)38)20-22-7-3-1-4-8-22/h1-12,19H,13-18,20-21H2,(H,34,41)(H,37,38)(H,39,40)/t30-/m1/s1. The Hall–Kier alpha value is -3.46. The van der Waals surface area contributed by atoms with Gasteiger partial charge in [0.05, 0.1) is 10.7 Å². The highest BCUT2D eigenvalue weighted by atomic mass is 35.5. The predicted octanol–water partition coefficient (Wildman–Crippen LogP) is 6.59. The summed E-state index contributed by atoms with van der Waals surface area (Å²) < 4.78 is 0. The minimum Gasteiger partial charge on any atom is -0.481 e. The number of alkyl halides is 2. The van der Waals surface area contributed by atoms with E-state index in [0.29, 0.717) is 52.4 Å². The van der Waals surface area contributed by atoms with Gasteiger partial charge in [-0.15, -0.1) is 23.2 Å². The predicted molar refractivity (Wildman–Crippen MR) is 163 cm³/mol. The van der Waals surface area contributed by atoms with Crippen LogP contribution in [-0.2, 0) is 22.6 Å². The molecule has 0 spiro atoms. The number of halogens is 3. The fraction of sp³-hybridized carbons (Fsp3) is 0.300. The number of anilines is 2. The van der Waals surface area contributed by atoms with Gasteiger partial charge in [-0.3, -0.25) is 4.79 Å². The molecule has 1 atom stereocenters. The summed E-state index contributed by atoms with van der Waals surface area (Å²) in [5, 5.41) is 23.3. The molecule has 41 heavy (non-hydrogen) atoms. The fourth-order valence-corrected chi connectivity index (χ4v) is 5.34. The van der Waals surface area contributed by atoms with Crippen molar-refractivity contribution in [2.24, 2.45) is 0 Å². The number of carboxylic acid groups (broad SMARTS) is 2. The van der Waals surface area contributed by atoms with Crippen molar-refractivity contribution < 1.29 is 24.6 Å². The first-order valence-corrected chi connectivity index (χ1v) is 14.4. The summed E-state index contributed by atoms with van der Waals surface area (Å²) in [5.74, 6) is -1.73. The molecule has 0 aliphatic carbocycles. The molecule has 2 amide bonds. The molecule has 0 radical (unpaired) electrons. The SMILES string of the molecule is O=C(O)CC[C@@](Cc1ccccc1)(C(=O)O)N(Cc1ccccc1)C(=O)Nc1ccc(N(CCCl)CCCl)c(Cl)c1. The third-order valence-corrected chi connectivity index (χ3v) is 7.32. The van der Waals surface area contributed by atoms with E-state index in [4.69, 9.17) is 34.8 Å². The normalized spacial score (nSPS) is 12.3. The number of carbonyl (C=O) groups excluding carboxylic acids is 1. The number of carbonyl (C=O) groups is 3. The van der Waals surface area contributed by atoms with Gasteiger partial charge >= 0.3 is 18.0 Å². The zero-order chi connectivity index (χ0) is 29.8. The highest BCUT2D eigenvalue weighted by Crippen LogP contribution is 2.32. The van der Waals surface area contributed by atoms with E-state index in [1.54, 1.807) is 72.8 Å². The molecular formula is C30H32Cl3N3O5. The molecule has 0 saturated carbocycles. The van der Waals surface area contributed by atoms with E-state index in [-0.39, 0.29) is 19.4 Å². The van der Waals surface area contributed by atoms with Crippen molar-refractivity contribution in [1.29, 1.82) is 0 Å². The molecule has 3 aromatic rings. The van der Waals surface area contributed by atoms with E-state index in [0.717, 1.165) is 0 Å². The second-order valence-electron chi connectivity index (χ2n) is 9.43. The summed E-state index contributed by atoms with van der Waals surface area (Å²) in [6.45, 7) is 0.972. The van der Waals surface area contributed by atoms with E-state index in [1.165, 1.54) is 4.90 Å². The first-order chi connectivity index (χ1) is 19.7. The first-order valence-electron chi connectivity index (χ1n) is 13.0. The van der Waals surface area contributed by atoms with Crippen molar-refractivity contribution in [3.63, 3.8) is 0 Å². The number of benzene rings is 3. The Morgan fingerprint density at radius 3 is 1.93 bits per heavy atom. The van der Waals surface area contributed by atoms with Gasteiger partial charge in [0.1, 0.15) is 5.54 Å². The third kappa shape index (κ3) is 8.76. The van der Waals surface area contributed by atoms with Crippen molar-refractivity contribution in [3.05, 3.63) is 95.0 Å². The van der Waals surface area contributed by atoms with Crippen LogP contribution in [0, 0.1) is 0 Å². The Morgan fingerprint density at radius 2 is 1.41 bits per heavy atom. The van der Waals surface area contributed by atoms with E-state index < -0.39 is 29.9 Å². The summed E-state index contributed by atoms with van der Waals surface area (Å²) in [5.41, 5.74) is 0.495. The van der Waals surface area contributed by atoms with Crippen LogP contribution in [0.25, 0.3) is 0 Å². The lowest BCUT2D eigenvalue weighted by molar-refractivity contribution is -0.151. The zero-order valence-electron chi connectivity index (χ0n) is 22.3. The van der Waals surface area contributed by atoms with Gasteiger partial charge in [-0.05, 0) is 35.7 Å². The van der Waals surface area contributed by atoms with Gasteiger partial charge in [-0.2, -0.15) is 0 Å². The van der Waals surface area contributed by atoms with E-state index in [2.05, 4.69) is 5.32 Å². The average Bonchev–Trinajstić information content (AvgIpc) is 2.95. The summed E-state index contributed by atoms with van der Waals surface area (Å²) in [7, 11) is 0. The van der Waals surface area contributed by atoms with Crippen LogP contribution in [0.3, 0.4) is 0 Å². The van der Waals surface area contributed by atoms with Crippen LogP contribution >= 0.6 is 34.8 Å². The Morgan fingerprint density at radius 1 is 0.829 bits per heavy atom. The molecule has 218 valence electrons. The van der Waals surface area contributed by atoms with Crippen LogP contribution in [0.15, 0.2) is 78.9 Å². The number of rotatable bonds is 15. The average molecular weight is 621 g/mol. The quantitative estimate of drug-likeness (QED) is 0.165. The van der Waals surface area contributed by atoms with Gasteiger partial charge in [0.2, 0.25) is 0 Å². The van der Waals surface area contributed by atoms with E-state index in [9.17, 15) is 24.6 Å². The minimum atomic E-state index is -1.87. The van der Waals surface area contributed by atoms with Crippen LogP contribution in [-0.4, -0.2) is 63.5 Å². The monoisotopic (exact) mass is 619 g/mol. The van der Waals surface area contributed by atoms with Gasteiger partial charge in [0, 0.05) is 49.9 Å². The largest absolute Gasteiger partial charge is 0.481 e. The smallest absolute Gasteiger partial charge is 0.330 e. The number of carboxylic acids is 2. The summed E-state index contributed by atoms with van der Waals surface area (Å²) in [6, 6.07) is 22.0. The Labute approximate surface area is 254 Å². The number of urea groups is 1. The fourth-order valence-electron chi connectivity index (χ4n) is 4.64. The summed E-state index contributed by atoms with van der Waals surface area (Å²) >= 11 is 18.4. The molecule has 0 unspecified atom stereocenters. The Balaban J connectivity index is 2.04. The number of nitrogens with one attached hydrogen (secondary N) is 1. The molecule has 0 fully saturated rings. The maximum absolute atomic E-state index is 14.0. The van der Waals surface area contributed by atoms with Crippen LogP contribution in [0.4, 0.5) is 16.2 Å². The third-order valence-electron chi connectivity index (χ3n) is 6.68. The topological polar surface area (TPSA) is 110 Å². The molecule has 0 bridgehead atoms. The lowest BCUT2D eigenvalue weighted by Gasteiger charge is -2.41. The van der Waals surface area contributed by atoms with Gasteiger partial charge in [0.15, 0.2) is 0 Å². The van der Waals surface area contributed by atoms with Crippen LogP contribution < -0.4 is 10.2 Å².